The zero-order valence-corrected chi connectivity index (χ0v) is 10.8. The number of nitrogens with two attached hydrogens (primary N) is 1. The molecule has 0 atom stereocenters. The van der Waals surface area contributed by atoms with Crippen LogP contribution < -0.4 is 11.1 Å². The van der Waals surface area contributed by atoms with Crippen LogP contribution in [0, 0.1) is 10.8 Å². The lowest BCUT2D eigenvalue weighted by Crippen LogP contribution is -2.34. The Bertz CT molecular complexity index is 204. The monoisotopic (exact) mass is 214 g/mol. The van der Waals surface area contributed by atoms with Gasteiger partial charge in [-0.2, -0.15) is 0 Å². The molecule has 0 rings (SSSR count). The number of rotatable bonds is 5. The van der Waals surface area contributed by atoms with Crippen molar-refractivity contribution < 1.29 is 4.79 Å². The second-order valence-corrected chi connectivity index (χ2v) is 6.21. The first kappa shape index (κ1) is 14.4. The van der Waals surface area contributed by atoms with Crippen molar-refractivity contribution in [2.45, 2.75) is 47.5 Å². The Hall–Kier alpha value is -0.570. The summed E-state index contributed by atoms with van der Waals surface area (Å²) in [7, 11) is 0. The van der Waals surface area contributed by atoms with E-state index in [1.54, 1.807) is 0 Å². The maximum absolute atomic E-state index is 11.5. The van der Waals surface area contributed by atoms with E-state index in [-0.39, 0.29) is 16.7 Å². The fraction of sp³-hybridized carbons (Fsp3) is 0.917. The highest BCUT2D eigenvalue weighted by Gasteiger charge is 2.20. The standard InChI is InChI=1S/C12H26N2O/c1-11(2,3)6-7-14-10(15)8-12(4,5)9-13/h6-9,13H2,1-5H3,(H,14,15). The first-order valence-corrected chi connectivity index (χ1v) is 5.63. The van der Waals surface area contributed by atoms with Crippen molar-refractivity contribution in [1.82, 2.24) is 5.32 Å². The second-order valence-electron chi connectivity index (χ2n) is 6.21. The summed E-state index contributed by atoms with van der Waals surface area (Å²) in [4.78, 5) is 11.5. The molecule has 0 aliphatic carbocycles. The molecule has 0 spiro atoms. The van der Waals surface area contributed by atoms with E-state index in [9.17, 15) is 4.79 Å². The van der Waals surface area contributed by atoms with Gasteiger partial charge in [-0.25, -0.2) is 0 Å². The van der Waals surface area contributed by atoms with Crippen LogP contribution in [0.25, 0.3) is 0 Å². The lowest BCUT2D eigenvalue weighted by molar-refractivity contribution is -0.122. The lowest BCUT2D eigenvalue weighted by atomic mass is 9.89. The number of carbonyl (C=O) groups excluding carboxylic acids is 1. The zero-order valence-electron chi connectivity index (χ0n) is 10.8. The summed E-state index contributed by atoms with van der Waals surface area (Å²) in [6, 6.07) is 0. The topological polar surface area (TPSA) is 55.1 Å². The SMILES string of the molecule is CC(C)(C)CCNC(=O)CC(C)(C)CN. The summed E-state index contributed by atoms with van der Waals surface area (Å²) in [5.41, 5.74) is 5.76. The molecule has 0 fully saturated rings. The molecule has 3 heteroatoms. The van der Waals surface area contributed by atoms with Gasteiger partial charge in [0.2, 0.25) is 5.91 Å². The number of hydrogen-bond acceptors (Lipinski definition) is 2. The van der Waals surface area contributed by atoms with Gasteiger partial charge in [-0.3, -0.25) is 4.79 Å². The third kappa shape index (κ3) is 8.43. The van der Waals surface area contributed by atoms with Crippen molar-refractivity contribution in [1.29, 1.82) is 0 Å². The normalized spacial score (nSPS) is 12.7. The number of carbonyl (C=O) groups is 1. The van der Waals surface area contributed by atoms with Gasteiger partial charge in [0.25, 0.3) is 0 Å². The van der Waals surface area contributed by atoms with Crippen molar-refractivity contribution in [2.24, 2.45) is 16.6 Å². The highest BCUT2D eigenvalue weighted by molar-refractivity contribution is 5.76. The van der Waals surface area contributed by atoms with E-state index >= 15 is 0 Å². The van der Waals surface area contributed by atoms with Gasteiger partial charge in [0.15, 0.2) is 0 Å². The van der Waals surface area contributed by atoms with Crippen LogP contribution in [0.1, 0.15) is 47.5 Å². The molecular weight excluding hydrogens is 188 g/mol. The number of nitrogens with one attached hydrogen (secondary N) is 1. The van der Waals surface area contributed by atoms with Crippen LogP contribution in [0.15, 0.2) is 0 Å². The molecule has 0 saturated heterocycles. The summed E-state index contributed by atoms with van der Waals surface area (Å²) in [6.07, 6.45) is 1.51. The molecule has 90 valence electrons. The Morgan fingerprint density at radius 2 is 1.73 bits per heavy atom. The molecule has 1 amide bonds. The van der Waals surface area contributed by atoms with E-state index in [1.807, 2.05) is 13.8 Å². The van der Waals surface area contributed by atoms with Gasteiger partial charge in [-0.05, 0) is 23.8 Å². The summed E-state index contributed by atoms with van der Waals surface area (Å²) in [5.74, 6) is 0.106. The van der Waals surface area contributed by atoms with E-state index in [1.165, 1.54) is 0 Å². The zero-order chi connectivity index (χ0) is 12.1. The molecule has 0 aromatic heterocycles. The van der Waals surface area contributed by atoms with Crippen LogP contribution in [0.2, 0.25) is 0 Å². The molecule has 0 heterocycles. The highest BCUT2D eigenvalue weighted by atomic mass is 16.1. The largest absolute Gasteiger partial charge is 0.356 e. The molecule has 15 heavy (non-hydrogen) atoms. The van der Waals surface area contributed by atoms with Crippen molar-refractivity contribution >= 4 is 5.91 Å². The maximum Gasteiger partial charge on any atom is 0.220 e. The second kappa shape index (κ2) is 5.50. The summed E-state index contributed by atoms with van der Waals surface area (Å²) in [5, 5.41) is 2.94. The van der Waals surface area contributed by atoms with Crippen molar-refractivity contribution in [2.75, 3.05) is 13.1 Å². The number of hydrogen-bond donors (Lipinski definition) is 2. The van der Waals surface area contributed by atoms with Crippen molar-refractivity contribution in [3.8, 4) is 0 Å². The summed E-state index contributed by atoms with van der Waals surface area (Å²) >= 11 is 0. The predicted octanol–water partition coefficient (Wildman–Crippen LogP) is 1.91. The molecule has 0 aromatic carbocycles. The predicted molar refractivity (Wildman–Crippen MR) is 64.5 cm³/mol. The molecule has 0 aliphatic rings. The molecule has 0 unspecified atom stereocenters. The summed E-state index contributed by atoms with van der Waals surface area (Å²) in [6.45, 7) is 11.8. The first-order valence-electron chi connectivity index (χ1n) is 5.63. The highest BCUT2D eigenvalue weighted by Crippen LogP contribution is 2.19. The van der Waals surface area contributed by atoms with Gasteiger partial charge in [-0.15, -0.1) is 0 Å². The first-order chi connectivity index (χ1) is 6.66. The fourth-order valence-corrected chi connectivity index (χ4v) is 1.15. The quantitative estimate of drug-likeness (QED) is 0.734. The molecule has 3 N–H and O–H groups in total. The van der Waals surface area contributed by atoms with Gasteiger partial charge < -0.3 is 11.1 Å². The van der Waals surface area contributed by atoms with E-state index in [0.717, 1.165) is 13.0 Å². The number of amides is 1. The minimum absolute atomic E-state index is 0.0915. The van der Waals surface area contributed by atoms with Crippen LogP contribution >= 0.6 is 0 Å². The third-order valence-corrected chi connectivity index (χ3v) is 2.39. The van der Waals surface area contributed by atoms with Crippen molar-refractivity contribution in [3.63, 3.8) is 0 Å². The van der Waals surface area contributed by atoms with E-state index in [2.05, 4.69) is 26.1 Å². The van der Waals surface area contributed by atoms with Crippen LogP contribution in [-0.4, -0.2) is 19.0 Å². The Morgan fingerprint density at radius 3 is 2.13 bits per heavy atom. The lowest BCUT2D eigenvalue weighted by Gasteiger charge is -2.22. The van der Waals surface area contributed by atoms with Crippen LogP contribution in [0.3, 0.4) is 0 Å². The Balaban J connectivity index is 3.77. The van der Waals surface area contributed by atoms with E-state index < -0.39 is 0 Å². The van der Waals surface area contributed by atoms with Gasteiger partial charge in [-0.1, -0.05) is 34.6 Å². The molecule has 0 aliphatic heterocycles. The molecule has 3 nitrogen and oxygen atoms in total. The third-order valence-electron chi connectivity index (χ3n) is 2.39. The molecule has 0 radical (unpaired) electrons. The van der Waals surface area contributed by atoms with Crippen LogP contribution in [0.5, 0.6) is 0 Å². The minimum Gasteiger partial charge on any atom is -0.356 e. The Labute approximate surface area is 93.8 Å². The average molecular weight is 214 g/mol. The van der Waals surface area contributed by atoms with Gasteiger partial charge in [0.05, 0.1) is 0 Å². The van der Waals surface area contributed by atoms with E-state index in [0.29, 0.717) is 13.0 Å². The molecule has 0 aromatic rings. The summed E-state index contributed by atoms with van der Waals surface area (Å²) < 4.78 is 0. The van der Waals surface area contributed by atoms with Gasteiger partial charge in [0.1, 0.15) is 0 Å². The van der Waals surface area contributed by atoms with Gasteiger partial charge in [0, 0.05) is 13.0 Å². The van der Waals surface area contributed by atoms with Crippen molar-refractivity contribution in [3.05, 3.63) is 0 Å². The van der Waals surface area contributed by atoms with Crippen LogP contribution in [-0.2, 0) is 4.79 Å². The average Bonchev–Trinajstić information content (AvgIpc) is 2.00. The Kier molecular flexibility index (Phi) is 5.29. The fourth-order valence-electron chi connectivity index (χ4n) is 1.15. The van der Waals surface area contributed by atoms with Crippen LogP contribution in [0.4, 0.5) is 0 Å². The maximum atomic E-state index is 11.5. The minimum atomic E-state index is -0.0915. The van der Waals surface area contributed by atoms with E-state index in [4.69, 9.17) is 5.73 Å². The Morgan fingerprint density at radius 1 is 1.20 bits per heavy atom. The molecule has 0 bridgehead atoms. The smallest absolute Gasteiger partial charge is 0.220 e. The van der Waals surface area contributed by atoms with Gasteiger partial charge >= 0.3 is 0 Å². The molecular formula is C12H26N2O. The molecule has 0 saturated carbocycles.